The molecule has 5 aromatic rings. The van der Waals surface area contributed by atoms with Crippen LogP contribution in [-0.2, 0) is 6.54 Å². The zero-order valence-corrected chi connectivity index (χ0v) is 16.9. The van der Waals surface area contributed by atoms with Crippen LogP contribution in [0.1, 0.15) is 5.56 Å². The fourth-order valence-electron chi connectivity index (χ4n) is 3.48. The van der Waals surface area contributed by atoms with Gasteiger partial charge in [-0.05, 0) is 53.1 Å². The molecule has 3 heterocycles. The lowest BCUT2D eigenvalue weighted by Crippen LogP contribution is -2.23. The molecule has 0 aliphatic rings. The third kappa shape index (κ3) is 3.60. The molecular formula is C23H15ClFN5O. The minimum atomic E-state index is -0.378. The van der Waals surface area contributed by atoms with Crippen LogP contribution in [0.3, 0.4) is 0 Å². The monoisotopic (exact) mass is 431 g/mol. The summed E-state index contributed by atoms with van der Waals surface area (Å²) in [5, 5.41) is 9.56. The predicted octanol–water partition coefficient (Wildman–Crippen LogP) is 4.46. The second-order valence-electron chi connectivity index (χ2n) is 6.98. The number of hydrogen-bond donors (Lipinski definition) is 0. The minimum Gasteiger partial charge on any atom is -0.265 e. The highest BCUT2D eigenvalue weighted by Gasteiger charge is 2.18. The third-order valence-corrected chi connectivity index (χ3v) is 5.24. The second-order valence-corrected chi connectivity index (χ2v) is 7.41. The molecule has 0 radical (unpaired) electrons. The number of hydrogen-bond acceptors (Lipinski definition) is 4. The number of fused-ring (bicyclic) bond motifs is 1. The van der Waals surface area contributed by atoms with Crippen molar-refractivity contribution in [2.75, 3.05) is 0 Å². The Bertz CT molecular complexity index is 1430. The molecule has 8 heteroatoms. The summed E-state index contributed by atoms with van der Waals surface area (Å²) in [7, 11) is 0. The maximum Gasteiger partial charge on any atom is 0.367 e. The van der Waals surface area contributed by atoms with Gasteiger partial charge in [0.15, 0.2) is 5.65 Å². The van der Waals surface area contributed by atoms with Crippen LogP contribution < -0.4 is 5.69 Å². The first-order chi connectivity index (χ1) is 15.1. The predicted molar refractivity (Wildman–Crippen MR) is 116 cm³/mol. The van der Waals surface area contributed by atoms with Crippen LogP contribution >= 0.6 is 11.6 Å². The van der Waals surface area contributed by atoms with Crippen molar-refractivity contribution in [3.8, 4) is 22.3 Å². The fraction of sp³-hybridized carbons (Fsp3) is 0.0435. The largest absolute Gasteiger partial charge is 0.367 e. The highest BCUT2D eigenvalue weighted by molar-refractivity contribution is 6.30. The average Bonchev–Trinajstić information content (AvgIpc) is 3.11. The Kier molecular flexibility index (Phi) is 4.80. The van der Waals surface area contributed by atoms with Crippen LogP contribution in [0.15, 0.2) is 84.0 Å². The molecule has 2 aromatic carbocycles. The molecule has 0 N–H and O–H groups in total. The number of aromatic nitrogens is 5. The summed E-state index contributed by atoms with van der Waals surface area (Å²) < 4.78 is 15.8. The molecule has 0 aliphatic heterocycles. The van der Waals surface area contributed by atoms with Crippen molar-refractivity contribution in [2.24, 2.45) is 0 Å². The molecule has 0 spiro atoms. The molecule has 6 nitrogen and oxygen atoms in total. The Hall–Kier alpha value is -3.84. The molecule has 0 bridgehead atoms. The molecule has 31 heavy (non-hydrogen) atoms. The van der Waals surface area contributed by atoms with Crippen molar-refractivity contribution >= 4 is 17.2 Å². The molecular weight excluding hydrogens is 417 g/mol. The van der Waals surface area contributed by atoms with Gasteiger partial charge in [0.25, 0.3) is 0 Å². The molecule has 0 saturated heterocycles. The molecule has 5 rings (SSSR count). The lowest BCUT2D eigenvalue weighted by molar-refractivity contribution is 0.621. The summed E-state index contributed by atoms with van der Waals surface area (Å²) in [5.74, 6) is -0.333. The van der Waals surface area contributed by atoms with E-state index in [0.29, 0.717) is 10.7 Å². The van der Waals surface area contributed by atoms with E-state index in [4.69, 9.17) is 11.6 Å². The molecule has 0 atom stereocenters. The SMILES string of the molecule is O=c1n(Cc2ccc(F)cc2)nc2c(-c3ccncc3)c(-c3ccc(Cl)cc3)cnn12. The van der Waals surface area contributed by atoms with Gasteiger partial charge < -0.3 is 0 Å². The van der Waals surface area contributed by atoms with Crippen LogP contribution in [0.25, 0.3) is 27.9 Å². The first kappa shape index (κ1) is 19.1. The molecule has 0 fully saturated rings. The summed E-state index contributed by atoms with van der Waals surface area (Å²) in [6.07, 6.45) is 5.02. The summed E-state index contributed by atoms with van der Waals surface area (Å²) >= 11 is 6.05. The Morgan fingerprint density at radius 1 is 0.903 bits per heavy atom. The van der Waals surface area contributed by atoms with E-state index in [-0.39, 0.29) is 18.1 Å². The highest BCUT2D eigenvalue weighted by Crippen LogP contribution is 2.34. The van der Waals surface area contributed by atoms with E-state index in [2.05, 4.69) is 15.2 Å². The maximum absolute atomic E-state index is 13.2. The third-order valence-electron chi connectivity index (χ3n) is 4.98. The van der Waals surface area contributed by atoms with E-state index >= 15 is 0 Å². The number of benzene rings is 2. The molecule has 0 unspecified atom stereocenters. The van der Waals surface area contributed by atoms with Crippen LogP contribution in [0.5, 0.6) is 0 Å². The lowest BCUT2D eigenvalue weighted by Gasteiger charge is -2.10. The van der Waals surface area contributed by atoms with Gasteiger partial charge >= 0.3 is 5.69 Å². The Morgan fingerprint density at radius 2 is 1.61 bits per heavy atom. The summed E-state index contributed by atoms with van der Waals surface area (Å²) in [6.45, 7) is 0.203. The zero-order valence-electron chi connectivity index (χ0n) is 16.1. The summed E-state index contributed by atoms with van der Waals surface area (Å²) in [5.41, 5.74) is 4.13. The van der Waals surface area contributed by atoms with Gasteiger partial charge in [-0.2, -0.15) is 9.61 Å². The maximum atomic E-state index is 13.2. The van der Waals surface area contributed by atoms with Crippen molar-refractivity contribution in [2.45, 2.75) is 6.54 Å². The minimum absolute atomic E-state index is 0.203. The van der Waals surface area contributed by atoms with Gasteiger partial charge in [0.05, 0.1) is 12.7 Å². The molecule has 0 aliphatic carbocycles. The standard InChI is InChI=1S/C23H15ClFN5O/c24-18-5-3-16(4-6-18)20-13-27-30-22(21(20)17-9-11-26-12-10-17)28-29(23(30)31)14-15-1-7-19(25)8-2-15/h1-13H,14H2. The molecule has 152 valence electrons. The summed E-state index contributed by atoms with van der Waals surface area (Å²) in [4.78, 5) is 17.1. The molecule has 0 amide bonds. The van der Waals surface area contributed by atoms with Gasteiger partial charge in [-0.3, -0.25) is 4.98 Å². The van der Waals surface area contributed by atoms with Crippen LogP contribution in [0, 0.1) is 5.82 Å². The second kappa shape index (κ2) is 7.77. The van der Waals surface area contributed by atoms with E-state index in [0.717, 1.165) is 27.8 Å². The number of halogens is 2. The first-order valence-electron chi connectivity index (χ1n) is 9.50. The van der Waals surface area contributed by atoms with Crippen LogP contribution in [0.4, 0.5) is 4.39 Å². The fourth-order valence-corrected chi connectivity index (χ4v) is 3.60. The van der Waals surface area contributed by atoms with E-state index in [1.165, 1.54) is 21.3 Å². The van der Waals surface area contributed by atoms with Crippen molar-refractivity contribution < 1.29 is 4.39 Å². The van der Waals surface area contributed by atoms with Gasteiger partial charge in [0.2, 0.25) is 0 Å². The molecule has 0 saturated carbocycles. The van der Waals surface area contributed by atoms with E-state index < -0.39 is 0 Å². The van der Waals surface area contributed by atoms with Gasteiger partial charge in [-0.15, -0.1) is 5.10 Å². The normalized spacial score (nSPS) is 11.2. The zero-order chi connectivity index (χ0) is 21.4. The van der Waals surface area contributed by atoms with Gasteiger partial charge in [0.1, 0.15) is 5.82 Å². The van der Waals surface area contributed by atoms with Gasteiger partial charge in [-0.1, -0.05) is 35.9 Å². The Labute approximate surface area is 181 Å². The average molecular weight is 432 g/mol. The summed E-state index contributed by atoms with van der Waals surface area (Å²) in [6, 6.07) is 17.1. The van der Waals surface area contributed by atoms with Crippen molar-refractivity contribution in [1.29, 1.82) is 0 Å². The van der Waals surface area contributed by atoms with Gasteiger partial charge in [-0.25, -0.2) is 13.9 Å². The van der Waals surface area contributed by atoms with E-state index in [1.807, 2.05) is 24.3 Å². The number of nitrogens with zero attached hydrogens (tertiary/aromatic N) is 5. The van der Waals surface area contributed by atoms with Gasteiger partial charge in [0, 0.05) is 28.5 Å². The Balaban J connectivity index is 1.73. The highest BCUT2D eigenvalue weighted by atomic mass is 35.5. The van der Waals surface area contributed by atoms with Crippen molar-refractivity contribution in [1.82, 2.24) is 24.4 Å². The van der Waals surface area contributed by atoms with Crippen LogP contribution in [0.2, 0.25) is 5.02 Å². The van der Waals surface area contributed by atoms with Crippen molar-refractivity contribution in [3.63, 3.8) is 0 Å². The topological polar surface area (TPSA) is 65.1 Å². The quantitative estimate of drug-likeness (QED) is 0.421. The van der Waals surface area contributed by atoms with E-state index in [1.54, 1.807) is 42.9 Å². The smallest absolute Gasteiger partial charge is 0.265 e. The first-order valence-corrected chi connectivity index (χ1v) is 9.87. The van der Waals surface area contributed by atoms with E-state index in [9.17, 15) is 9.18 Å². The lowest BCUT2D eigenvalue weighted by atomic mass is 9.98. The Morgan fingerprint density at radius 3 is 2.32 bits per heavy atom. The van der Waals surface area contributed by atoms with Crippen molar-refractivity contribution in [3.05, 3.63) is 106 Å². The number of rotatable bonds is 4. The number of pyridine rings is 1. The molecule has 3 aromatic heterocycles. The van der Waals surface area contributed by atoms with Crippen LogP contribution in [-0.4, -0.2) is 24.4 Å².